The van der Waals surface area contributed by atoms with Gasteiger partial charge in [0.15, 0.2) is 0 Å². The zero-order valence-corrected chi connectivity index (χ0v) is 27.2. The van der Waals surface area contributed by atoms with E-state index in [0.717, 1.165) is 40.5 Å². The van der Waals surface area contributed by atoms with Crippen LogP contribution < -0.4 is 10.6 Å². The van der Waals surface area contributed by atoms with Crippen LogP contribution in [0.1, 0.15) is 61.2 Å². The molecular weight excluding hydrogens is 626 g/mol. The molecule has 2 aromatic carbocycles. The van der Waals surface area contributed by atoms with Gasteiger partial charge in [0.1, 0.15) is 18.5 Å². The number of anilines is 1. The number of aromatic amines is 1. The highest BCUT2D eigenvalue weighted by Gasteiger charge is 2.34. The maximum absolute atomic E-state index is 16.7. The van der Waals surface area contributed by atoms with Gasteiger partial charge < -0.3 is 20.4 Å². The standard InChI is InChI=1S/C35H37F4N7O2/c1-5-20-8-7-9-21(6-2)31(20)46-32(25-17-45(13-11-27(25)44-46)34-42-15-23(16-43-34)35(37,38)39)28-24-10-12-41-30(24)22(14-26(28)36)18-48-33(47)29(40)19(3)4/h7-10,12,14-16,19,29,41H,5-6,11,13,17-18,40H2,1-4H3/t29-/m0/s1. The summed E-state index contributed by atoms with van der Waals surface area (Å²) in [4.78, 5) is 25.6. The number of benzene rings is 2. The lowest BCUT2D eigenvalue weighted by Gasteiger charge is -2.27. The fraction of sp³-hybridized carbons (Fsp3) is 0.371. The van der Waals surface area contributed by atoms with Crippen molar-refractivity contribution in [2.45, 2.75) is 72.3 Å². The van der Waals surface area contributed by atoms with Gasteiger partial charge in [-0.15, -0.1) is 0 Å². The second kappa shape index (κ2) is 13.0. The van der Waals surface area contributed by atoms with Gasteiger partial charge in [-0.1, -0.05) is 45.9 Å². The molecule has 4 heterocycles. The van der Waals surface area contributed by atoms with Crippen molar-refractivity contribution in [2.75, 3.05) is 11.4 Å². The third-order valence-electron chi connectivity index (χ3n) is 8.93. The first kappa shape index (κ1) is 33.1. The molecule has 5 aromatic rings. The highest BCUT2D eigenvalue weighted by atomic mass is 19.4. The molecule has 0 amide bonds. The Balaban J connectivity index is 1.51. The largest absolute Gasteiger partial charge is 0.460 e. The molecule has 0 radical (unpaired) electrons. The number of carbonyl (C=O) groups excluding carboxylic acids is 1. The minimum atomic E-state index is -4.56. The second-order valence-electron chi connectivity index (χ2n) is 12.3. The third-order valence-corrected chi connectivity index (χ3v) is 8.93. The summed E-state index contributed by atoms with van der Waals surface area (Å²) >= 11 is 0. The predicted octanol–water partition coefficient (Wildman–Crippen LogP) is 6.68. The Morgan fingerprint density at radius 3 is 2.40 bits per heavy atom. The summed E-state index contributed by atoms with van der Waals surface area (Å²) in [5.41, 5.74) is 11.3. The summed E-state index contributed by atoms with van der Waals surface area (Å²) < 4.78 is 63.7. The molecule has 0 spiro atoms. The summed E-state index contributed by atoms with van der Waals surface area (Å²) in [6.45, 7) is 8.17. The Labute approximate surface area is 275 Å². The molecule has 9 nitrogen and oxygen atoms in total. The molecular formula is C35H37F4N7O2. The van der Waals surface area contributed by atoms with Crippen LogP contribution in [0.4, 0.5) is 23.5 Å². The van der Waals surface area contributed by atoms with Gasteiger partial charge in [-0.3, -0.25) is 4.79 Å². The van der Waals surface area contributed by atoms with Crippen LogP contribution in [0.5, 0.6) is 0 Å². The molecule has 0 saturated carbocycles. The lowest BCUT2D eigenvalue weighted by molar-refractivity contribution is -0.147. The summed E-state index contributed by atoms with van der Waals surface area (Å²) in [6.07, 6.45) is 0.553. The van der Waals surface area contributed by atoms with Crippen molar-refractivity contribution >= 4 is 22.8 Å². The monoisotopic (exact) mass is 663 g/mol. The number of H-pyrrole nitrogens is 1. The van der Waals surface area contributed by atoms with E-state index in [2.05, 4.69) is 28.8 Å². The Morgan fingerprint density at radius 1 is 1.08 bits per heavy atom. The zero-order chi connectivity index (χ0) is 34.3. The topological polar surface area (TPSA) is 115 Å². The predicted molar refractivity (Wildman–Crippen MR) is 174 cm³/mol. The zero-order valence-electron chi connectivity index (χ0n) is 27.2. The van der Waals surface area contributed by atoms with Crippen molar-refractivity contribution in [2.24, 2.45) is 11.7 Å². The molecule has 1 aliphatic heterocycles. The number of fused-ring (bicyclic) bond motifs is 2. The first-order valence-electron chi connectivity index (χ1n) is 16.0. The van der Waals surface area contributed by atoms with E-state index in [1.807, 2.05) is 36.7 Å². The number of nitrogens with one attached hydrogen (secondary N) is 1. The Hall–Kier alpha value is -4.78. The second-order valence-corrected chi connectivity index (χ2v) is 12.3. The van der Waals surface area contributed by atoms with E-state index >= 15 is 4.39 Å². The van der Waals surface area contributed by atoms with Crippen LogP contribution in [0.2, 0.25) is 0 Å². The first-order valence-corrected chi connectivity index (χ1v) is 16.0. The number of para-hydroxylation sites is 1. The van der Waals surface area contributed by atoms with Gasteiger partial charge in [-0.2, -0.15) is 18.3 Å². The number of hydrogen-bond donors (Lipinski definition) is 2. The van der Waals surface area contributed by atoms with Gasteiger partial charge in [0.2, 0.25) is 5.95 Å². The van der Waals surface area contributed by atoms with Gasteiger partial charge in [0.25, 0.3) is 0 Å². The molecule has 6 rings (SSSR count). The van der Waals surface area contributed by atoms with Crippen molar-refractivity contribution in [3.05, 3.63) is 88.3 Å². The highest BCUT2D eigenvalue weighted by Crippen LogP contribution is 2.41. The summed E-state index contributed by atoms with van der Waals surface area (Å²) in [7, 11) is 0. The molecule has 0 fully saturated rings. The minimum Gasteiger partial charge on any atom is -0.460 e. The summed E-state index contributed by atoms with van der Waals surface area (Å²) in [6, 6.07) is 8.38. The number of carbonyl (C=O) groups is 1. The number of aromatic nitrogens is 5. The van der Waals surface area contributed by atoms with Crippen molar-refractivity contribution < 1.29 is 27.1 Å². The van der Waals surface area contributed by atoms with Crippen molar-refractivity contribution in [1.29, 1.82) is 0 Å². The molecule has 0 unspecified atom stereocenters. The number of halogens is 4. The summed E-state index contributed by atoms with van der Waals surface area (Å²) in [5.74, 6) is -1.10. The number of hydrogen-bond acceptors (Lipinski definition) is 7. The summed E-state index contributed by atoms with van der Waals surface area (Å²) in [5, 5.41) is 5.64. The van der Waals surface area contributed by atoms with Crippen LogP contribution in [-0.2, 0) is 48.1 Å². The van der Waals surface area contributed by atoms with E-state index in [1.54, 1.807) is 17.2 Å². The van der Waals surface area contributed by atoms with Gasteiger partial charge >= 0.3 is 12.1 Å². The van der Waals surface area contributed by atoms with E-state index in [0.29, 0.717) is 53.5 Å². The molecule has 13 heteroatoms. The molecule has 0 aliphatic carbocycles. The van der Waals surface area contributed by atoms with Crippen molar-refractivity contribution in [3.63, 3.8) is 0 Å². The van der Waals surface area contributed by atoms with E-state index < -0.39 is 29.6 Å². The van der Waals surface area contributed by atoms with E-state index in [1.165, 1.54) is 6.07 Å². The normalized spacial score (nSPS) is 14.1. The molecule has 1 atom stereocenters. The minimum absolute atomic E-state index is 0.125. The Kier molecular flexibility index (Phi) is 8.99. The van der Waals surface area contributed by atoms with E-state index in [4.69, 9.17) is 15.6 Å². The number of esters is 1. The maximum Gasteiger partial charge on any atom is 0.419 e. The van der Waals surface area contributed by atoms with Crippen molar-refractivity contribution in [1.82, 2.24) is 24.7 Å². The molecule has 1 aliphatic rings. The first-order chi connectivity index (χ1) is 22.9. The Morgan fingerprint density at radius 2 is 1.77 bits per heavy atom. The fourth-order valence-corrected chi connectivity index (χ4v) is 6.22. The molecule has 3 aromatic heterocycles. The third kappa shape index (κ3) is 6.02. The molecule has 252 valence electrons. The van der Waals surface area contributed by atoms with Gasteiger partial charge in [-0.05, 0) is 42.0 Å². The van der Waals surface area contributed by atoms with Gasteiger partial charge in [0, 0.05) is 60.2 Å². The molecule has 48 heavy (non-hydrogen) atoms. The average molecular weight is 664 g/mol. The lowest BCUT2D eigenvalue weighted by atomic mass is 9.95. The number of nitrogens with zero attached hydrogens (tertiary/aromatic N) is 5. The van der Waals surface area contributed by atoms with Crippen LogP contribution in [0, 0.1) is 11.7 Å². The number of rotatable bonds is 9. The lowest BCUT2D eigenvalue weighted by Crippen LogP contribution is -2.36. The van der Waals surface area contributed by atoms with E-state index in [-0.39, 0.29) is 25.0 Å². The molecule has 0 saturated heterocycles. The smallest absolute Gasteiger partial charge is 0.419 e. The SMILES string of the molecule is CCc1cccc(CC)c1-n1nc2c(c1-c1c(F)cc(COC(=O)[C@@H](N)C(C)C)c3[nH]ccc13)CN(c1ncc(C(F)(F)F)cn1)CC2. The number of alkyl halides is 3. The van der Waals surface area contributed by atoms with Gasteiger partial charge in [-0.25, -0.2) is 19.0 Å². The Bertz CT molecular complexity index is 1940. The average Bonchev–Trinajstić information content (AvgIpc) is 3.71. The number of aryl methyl sites for hydroxylation is 2. The maximum atomic E-state index is 16.7. The number of nitrogens with two attached hydrogens (primary N) is 1. The highest BCUT2D eigenvalue weighted by molar-refractivity contribution is 5.98. The van der Waals surface area contributed by atoms with Crippen LogP contribution in [0.25, 0.3) is 27.8 Å². The van der Waals surface area contributed by atoms with E-state index in [9.17, 15) is 18.0 Å². The van der Waals surface area contributed by atoms with Crippen LogP contribution >= 0.6 is 0 Å². The van der Waals surface area contributed by atoms with Crippen LogP contribution in [0.15, 0.2) is 48.9 Å². The van der Waals surface area contributed by atoms with Crippen molar-refractivity contribution in [3.8, 4) is 16.9 Å². The quantitative estimate of drug-likeness (QED) is 0.134. The van der Waals surface area contributed by atoms with Gasteiger partial charge in [0.05, 0.1) is 28.2 Å². The fourth-order valence-electron chi connectivity index (χ4n) is 6.22. The number of ether oxygens (including phenoxy) is 1. The molecule has 3 N–H and O–H groups in total. The van der Waals surface area contributed by atoms with Crippen LogP contribution in [0.3, 0.4) is 0 Å². The van der Waals surface area contributed by atoms with Crippen LogP contribution in [-0.4, -0.2) is 43.3 Å². The molecule has 0 bridgehead atoms.